The molecule has 0 aliphatic carbocycles. The minimum Gasteiger partial charge on any atom is -0.304 e. The van der Waals surface area contributed by atoms with Gasteiger partial charge < -0.3 is 5.32 Å². The van der Waals surface area contributed by atoms with Crippen molar-refractivity contribution in [2.24, 2.45) is 0 Å². The first kappa shape index (κ1) is 30.5. The monoisotopic (exact) mass is 651 g/mol. The van der Waals surface area contributed by atoms with E-state index < -0.39 is 0 Å². The molecule has 0 spiro atoms. The molecule has 0 radical (unpaired) electrons. The smallest absolute Gasteiger partial charge is 0.162 e. The van der Waals surface area contributed by atoms with E-state index in [9.17, 15) is 0 Å². The zero-order valence-electron chi connectivity index (χ0n) is 26.9. The molecule has 2 aromatic heterocycles. The molecule has 0 aliphatic rings. The van der Waals surface area contributed by atoms with E-state index in [4.69, 9.17) is 15.4 Å². The highest BCUT2D eigenvalue weighted by Gasteiger charge is 2.18. The van der Waals surface area contributed by atoms with Crippen LogP contribution in [0.25, 0.3) is 61.4 Å². The third-order valence-corrected chi connectivity index (χ3v) is 10.0. The van der Waals surface area contributed by atoms with E-state index in [2.05, 4.69) is 107 Å². The lowest BCUT2D eigenvalue weighted by Gasteiger charge is -2.17. The number of aromatic nitrogens is 3. The van der Waals surface area contributed by atoms with Crippen molar-refractivity contribution in [3.8, 4) is 39.6 Å². The van der Waals surface area contributed by atoms with Crippen molar-refractivity contribution in [1.29, 1.82) is 5.41 Å². The van der Waals surface area contributed by atoms with Crippen molar-refractivity contribution in [3.05, 3.63) is 175 Å². The SMILES string of the molecule is CNC(SC(=N)c1ccccc1)c1ccc(-c2ccc3c4ccccc4n(-c4cc(-c5ccccc5)nc(-c5ccccc5)n4)c3c2)cc1. The van der Waals surface area contributed by atoms with E-state index in [1.807, 2.05) is 73.8 Å². The maximum Gasteiger partial charge on any atom is 0.162 e. The van der Waals surface area contributed by atoms with Gasteiger partial charge in [0, 0.05) is 33.5 Å². The van der Waals surface area contributed by atoms with Crippen LogP contribution in [0.5, 0.6) is 0 Å². The number of fused-ring (bicyclic) bond motifs is 3. The summed E-state index contributed by atoms with van der Waals surface area (Å²) in [5, 5.41) is 14.9. The summed E-state index contributed by atoms with van der Waals surface area (Å²) in [5.41, 5.74) is 9.35. The highest BCUT2D eigenvalue weighted by atomic mass is 32.2. The van der Waals surface area contributed by atoms with Gasteiger partial charge in [-0.1, -0.05) is 157 Å². The number of hydrogen-bond acceptors (Lipinski definition) is 5. The summed E-state index contributed by atoms with van der Waals surface area (Å²) in [6.07, 6.45) is 0. The number of rotatable bonds is 8. The molecule has 6 aromatic carbocycles. The normalized spacial score (nSPS) is 11.9. The molecular weight excluding hydrogens is 619 g/mol. The molecule has 2 N–H and O–H groups in total. The average Bonchev–Trinajstić information content (AvgIpc) is 3.51. The third kappa shape index (κ3) is 6.04. The Morgan fingerprint density at radius 2 is 1.20 bits per heavy atom. The Hall–Kier alpha value is -5.82. The second-order valence-electron chi connectivity index (χ2n) is 11.9. The van der Waals surface area contributed by atoms with E-state index in [0.717, 1.165) is 55.9 Å². The van der Waals surface area contributed by atoms with Gasteiger partial charge in [0.1, 0.15) is 5.82 Å². The largest absolute Gasteiger partial charge is 0.304 e. The molecule has 8 aromatic rings. The standard InChI is InChI=1S/C43H33N5S/c1-45-43(49-41(44)31-15-7-3-8-16-31)33-23-21-29(22-24-33)34-25-26-36-35-19-11-12-20-38(35)48(39(36)27-34)40-28-37(30-13-5-2-6-14-30)46-42(47-40)32-17-9-4-10-18-32/h2-28,43-45H,1H3. The summed E-state index contributed by atoms with van der Waals surface area (Å²) in [5.74, 6) is 1.51. The fraction of sp³-hybridized carbons (Fsp3) is 0.0465. The molecule has 1 unspecified atom stereocenters. The van der Waals surface area contributed by atoms with Crippen LogP contribution >= 0.6 is 11.8 Å². The first-order chi connectivity index (χ1) is 24.2. The number of thioether (sulfide) groups is 1. The van der Waals surface area contributed by atoms with E-state index in [1.54, 1.807) is 0 Å². The second-order valence-corrected chi connectivity index (χ2v) is 13.0. The van der Waals surface area contributed by atoms with E-state index in [1.165, 1.54) is 22.5 Å². The van der Waals surface area contributed by atoms with Crippen LogP contribution in [-0.2, 0) is 0 Å². The summed E-state index contributed by atoms with van der Waals surface area (Å²) < 4.78 is 2.27. The molecule has 0 saturated heterocycles. The molecule has 0 saturated carbocycles. The highest BCUT2D eigenvalue weighted by Crippen LogP contribution is 2.37. The lowest BCUT2D eigenvalue weighted by Crippen LogP contribution is -2.15. The van der Waals surface area contributed by atoms with Crippen molar-refractivity contribution < 1.29 is 0 Å². The number of nitrogens with one attached hydrogen (secondary N) is 2. The van der Waals surface area contributed by atoms with E-state index in [0.29, 0.717) is 10.9 Å². The maximum absolute atomic E-state index is 8.64. The third-order valence-electron chi connectivity index (χ3n) is 8.80. The zero-order valence-corrected chi connectivity index (χ0v) is 27.7. The van der Waals surface area contributed by atoms with Gasteiger partial charge in [-0.3, -0.25) is 9.98 Å². The van der Waals surface area contributed by atoms with E-state index >= 15 is 0 Å². The molecule has 6 heteroatoms. The van der Waals surface area contributed by atoms with Gasteiger partial charge in [0.15, 0.2) is 5.82 Å². The van der Waals surface area contributed by atoms with Crippen molar-refractivity contribution in [2.75, 3.05) is 7.05 Å². The molecule has 1 atom stereocenters. The van der Waals surface area contributed by atoms with Crippen molar-refractivity contribution >= 4 is 38.6 Å². The van der Waals surface area contributed by atoms with Crippen LogP contribution in [0.4, 0.5) is 0 Å². The summed E-state index contributed by atoms with van der Waals surface area (Å²) in [4.78, 5) is 10.2. The molecule has 49 heavy (non-hydrogen) atoms. The lowest BCUT2D eigenvalue weighted by atomic mass is 10.0. The van der Waals surface area contributed by atoms with Crippen molar-refractivity contribution in [3.63, 3.8) is 0 Å². The van der Waals surface area contributed by atoms with E-state index in [-0.39, 0.29) is 5.37 Å². The van der Waals surface area contributed by atoms with Gasteiger partial charge in [0.05, 0.1) is 27.1 Å². The van der Waals surface area contributed by atoms with Gasteiger partial charge in [-0.2, -0.15) is 0 Å². The van der Waals surface area contributed by atoms with Crippen LogP contribution in [0.15, 0.2) is 164 Å². The van der Waals surface area contributed by atoms with Crippen LogP contribution in [0, 0.1) is 5.41 Å². The number of benzene rings is 6. The molecule has 0 bridgehead atoms. The van der Waals surface area contributed by atoms with Crippen LogP contribution < -0.4 is 5.32 Å². The van der Waals surface area contributed by atoms with Crippen molar-refractivity contribution in [2.45, 2.75) is 5.37 Å². The maximum atomic E-state index is 8.64. The first-order valence-electron chi connectivity index (χ1n) is 16.3. The predicted octanol–water partition coefficient (Wildman–Crippen LogP) is 10.6. The average molecular weight is 652 g/mol. The minimum absolute atomic E-state index is 0.0397. The molecular formula is C43H33N5S. The molecule has 8 rings (SSSR count). The van der Waals surface area contributed by atoms with Gasteiger partial charge in [-0.15, -0.1) is 0 Å². The summed E-state index contributed by atoms with van der Waals surface area (Å²) in [7, 11) is 1.94. The Bertz CT molecular complexity index is 2350. The van der Waals surface area contributed by atoms with Gasteiger partial charge in [0.2, 0.25) is 0 Å². The van der Waals surface area contributed by atoms with Gasteiger partial charge in [-0.05, 0) is 35.9 Å². The number of hydrogen-bond donors (Lipinski definition) is 2. The van der Waals surface area contributed by atoms with Crippen LogP contribution in [0.2, 0.25) is 0 Å². The van der Waals surface area contributed by atoms with Crippen LogP contribution in [-0.4, -0.2) is 26.6 Å². The fourth-order valence-corrected chi connectivity index (χ4v) is 7.26. The summed E-state index contributed by atoms with van der Waals surface area (Å²) >= 11 is 1.51. The quantitative estimate of drug-likeness (QED) is 0.0975. The Morgan fingerprint density at radius 1 is 0.592 bits per heavy atom. The minimum atomic E-state index is -0.0397. The number of nitrogens with zero attached hydrogens (tertiary/aromatic N) is 3. The van der Waals surface area contributed by atoms with Crippen molar-refractivity contribution in [1.82, 2.24) is 19.9 Å². The van der Waals surface area contributed by atoms with Gasteiger partial charge in [0.25, 0.3) is 0 Å². The zero-order chi connectivity index (χ0) is 33.2. The number of para-hydroxylation sites is 1. The predicted molar refractivity (Wildman–Crippen MR) is 205 cm³/mol. The first-order valence-corrected chi connectivity index (χ1v) is 17.2. The Morgan fingerprint density at radius 3 is 1.92 bits per heavy atom. The Labute approximate surface area is 289 Å². The molecule has 2 heterocycles. The molecule has 236 valence electrons. The van der Waals surface area contributed by atoms with Crippen LogP contribution in [0.1, 0.15) is 16.5 Å². The van der Waals surface area contributed by atoms with Gasteiger partial charge >= 0.3 is 0 Å². The lowest BCUT2D eigenvalue weighted by molar-refractivity contribution is 0.798. The summed E-state index contributed by atoms with van der Waals surface area (Å²) in [6.45, 7) is 0. The summed E-state index contributed by atoms with van der Waals surface area (Å²) in [6, 6.07) is 56.3. The fourth-order valence-electron chi connectivity index (χ4n) is 6.34. The Balaban J connectivity index is 1.22. The molecule has 0 amide bonds. The van der Waals surface area contributed by atoms with Gasteiger partial charge in [-0.25, -0.2) is 9.97 Å². The highest BCUT2D eigenvalue weighted by molar-refractivity contribution is 8.14. The molecule has 0 aliphatic heterocycles. The van der Waals surface area contributed by atoms with Crippen LogP contribution in [0.3, 0.4) is 0 Å². The molecule has 0 fully saturated rings. The Kier molecular flexibility index (Phi) is 8.32. The second kappa shape index (κ2) is 13.4. The molecule has 5 nitrogen and oxygen atoms in total. The topological polar surface area (TPSA) is 66.6 Å².